The van der Waals surface area contributed by atoms with Gasteiger partial charge < -0.3 is 10.2 Å². The van der Waals surface area contributed by atoms with E-state index in [2.05, 4.69) is 5.32 Å². The molecule has 0 unspecified atom stereocenters. The molecule has 0 bridgehead atoms. The van der Waals surface area contributed by atoms with Gasteiger partial charge in [0, 0.05) is 18.8 Å². The van der Waals surface area contributed by atoms with Crippen LogP contribution in [0.3, 0.4) is 0 Å². The number of hydrogen-bond donors (Lipinski definition) is 1. The van der Waals surface area contributed by atoms with Crippen LogP contribution in [-0.2, 0) is 9.59 Å². The Bertz CT molecular complexity index is 454. The van der Waals surface area contributed by atoms with Gasteiger partial charge in [-0.3, -0.25) is 9.59 Å². The van der Waals surface area contributed by atoms with Gasteiger partial charge in [-0.1, -0.05) is 17.7 Å². The van der Waals surface area contributed by atoms with Gasteiger partial charge in [-0.25, -0.2) is 0 Å². The van der Waals surface area contributed by atoms with E-state index in [1.807, 2.05) is 32.0 Å². The first-order chi connectivity index (χ1) is 7.59. The highest BCUT2D eigenvalue weighted by Crippen LogP contribution is 2.21. The molecule has 0 aromatic heterocycles. The molecule has 0 aliphatic carbocycles. The number of piperazine rings is 1. The number of nitrogens with one attached hydrogen (secondary N) is 1. The zero-order valence-electron chi connectivity index (χ0n) is 9.41. The zero-order valence-corrected chi connectivity index (χ0v) is 9.41. The third kappa shape index (κ3) is 1.78. The van der Waals surface area contributed by atoms with Crippen molar-refractivity contribution in [3.05, 3.63) is 29.3 Å². The summed E-state index contributed by atoms with van der Waals surface area (Å²) in [5.74, 6) is -0.996. The van der Waals surface area contributed by atoms with Gasteiger partial charge in [-0.2, -0.15) is 0 Å². The topological polar surface area (TPSA) is 49.4 Å². The van der Waals surface area contributed by atoms with E-state index in [0.717, 1.165) is 16.8 Å². The first-order valence-electron chi connectivity index (χ1n) is 5.26. The van der Waals surface area contributed by atoms with Gasteiger partial charge in [-0.05, 0) is 25.5 Å². The van der Waals surface area contributed by atoms with Gasteiger partial charge in [-0.15, -0.1) is 0 Å². The highest BCUT2D eigenvalue weighted by molar-refractivity contribution is 6.41. The molecule has 1 N–H and O–H groups in total. The maximum Gasteiger partial charge on any atom is 0.316 e. The largest absolute Gasteiger partial charge is 0.346 e. The number of anilines is 1. The van der Waals surface area contributed by atoms with E-state index in [4.69, 9.17) is 0 Å². The molecule has 1 aromatic carbocycles. The highest BCUT2D eigenvalue weighted by Gasteiger charge is 2.27. The Hall–Kier alpha value is -1.84. The molecule has 4 heteroatoms. The van der Waals surface area contributed by atoms with Crippen LogP contribution >= 0.6 is 0 Å². The van der Waals surface area contributed by atoms with Crippen LogP contribution in [-0.4, -0.2) is 24.9 Å². The summed E-state index contributed by atoms with van der Waals surface area (Å²) in [7, 11) is 0. The molecule has 1 aromatic rings. The highest BCUT2D eigenvalue weighted by atomic mass is 16.2. The van der Waals surface area contributed by atoms with Crippen LogP contribution < -0.4 is 10.2 Å². The van der Waals surface area contributed by atoms with Crippen LogP contribution in [0.5, 0.6) is 0 Å². The SMILES string of the molecule is Cc1ccc(N2CCNC(=O)C2=O)c(C)c1. The maximum absolute atomic E-state index is 11.7. The van der Waals surface area contributed by atoms with Crippen molar-refractivity contribution in [2.24, 2.45) is 0 Å². The second-order valence-electron chi connectivity index (χ2n) is 4.00. The Morgan fingerprint density at radius 2 is 2.00 bits per heavy atom. The van der Waals surface area contributed by atoms with Crippen molar-refractivity contribution in [1.82, 2.24) is 5.32 Å². The number of carbonyl (C=O) groups excluding carboxylic acids is 2. The molecular formula is C12H14N2O2. The summed E-state index contributed by atoms with van der Waals surface area (Å²) in [5.41, 5.74) is 2.99. The van der Waals surface area contributed by atoms with E-state index >= 15 is 0 Å². The molecule has 1 fully saturated rings. The second-order valence-corrected chi connectivity index (χ2v) is 4.00. The Kier molecular flexibility index (Phi) is 2.64. The van der Waals surface area contributed by atoms with E-state index in [0.29, 0.717) is 13.1 Å². The lowest BCUT2D eigenvalue weighted by Crippen LogP contribution is -2.52. The number of rotatable bonds is 1. The molecule has 84 valence electrons. The van der Waals surface area contributed by atoms with Crippen LogP contribution in [0.25, 0.3) is 0 Å². The van der Waals surface area contributed by atoms with Gasteiger partial charge in [0.1, 0.15) is 0 Å². The first kappa shape index (κ1) is 10.7. The van der Waals surface area contributed by atoms with Gasteiger partial charge in [0.2, 0.25) is 0 Å². The minimum atomic E-state index is -0.522. The molecule has 1 aliphatic rings. The normalized spacial score (nSPS) is 16.2. The average molecular weight is 218 g/mol. The molecule has 0 saturated carbocycles. The quantitative estimate of drug-likeness (QED) is 0.708. The van der Waals surface area contributed by atoms with E-state index in [1.54, 1.807) is 0 Å². The molecule has 16 heavy (non-hydrogen) atoms. The van der Waals surface area contributed by atoms with Crippen molar-refractivity contribution in [2.45, 2.75) is 13.8 Å². The molecule has 0 spiro atoms. The smallest absolute Gasteiger partial charge is 0.316 e. The fourth-order valence-electron chi connectivity index (χ4n) is 1.92. The van der Waals surface area contributed by atoms with Crippen molar-refractivity contribution >= 4 is 17.5 Å². The number of benzene rings is 1. The van der Waals surface area contributed by atoms with Gasteiger partial charge >= 0.3 is 11.8 Å². The number of amides is 2. The standard InChI is InChI=1S/C12H14N2O2/c1-8-3-4-10(9(2)7-8)14-6-5-13-11(15)12(14)16/h3-4,7H,5-6H2,1-2H3,(H,13,15). The van der Waals surface area contributed by atoms with E-state index in [9.17, 15) is 9.59 Å². The van der Waals surface area contributed by atoms with Crippen LogP contribution in [0, 0.1) is 13.8 Å². The molecule has 1 saturated heterocycles. The predicted octanol–water partition coefficient (Wildman–Crippen LogP) is 0.766. The summed E-state index contributed by atoms with van der Waals surface area (Å²) < 4.78 is 0. The lowest BCUT2D eigenvalue weighted by atomic mass is 10.1. The van der Waals surface area contributed by atoms with Crippen LogP contribution in [0.1, 0.15) is 11.1 Å². The second kappa shape index (κ2) is 3.96. The Balaban J connectivity index is 2.36. The van der Waals surface area contributed by atoms with Gasteiger partial charge in [0.05, 0.1) is 0 Å². The van der Waals surface area contributed by atoms with Crippen molar-refractivity contribution in [3.8, 4) is 0 Å². The monoisotopic (exact) mass is 218 g/mol. The molecule has 2 amide bonds. The molecular weight excluding hydrogens is 204 g/mol. The number of aryl methyl sites for hydroxylation is 2. The lowest BCUT2D eigenvalue weighted by molar-refractivity contribution is -0.138. The van der Waals surface area contributed by atoms with Crippen molar-refractivity contribution in [3.63, 3.8) is 0 Å². The van der Waals surface area contributed by atoms with E-state index in [-0.39, 0.29) is 0 Å². The van der Waals surface area contributed by atoms with Gasteiger partial charge in [0.15, 0.2) is 0 Å². The summed E-state index contributed by atoms with van der Waals surface area (Å²) >= 11 is 0. The van der Waals surface area contributed by atoms with Crippen molar-refractivity contribution in [2.75, 3.05) is 18.0 Å². The summed E-state index contributed by atoms with van der Waals surface area (Å²) in [6, 6.07) is 5.85. The van der Waals surface area contributed by atoms with Crippen LogP contribution in [0.4, 0.5) is 5.69 Å². The summed E-state index contributed by atoms with van der Waals surface area (Å²) in [4.78, 5) is 24.5. The number of carbonyl (C=O) groups is 2. The third-order valence-electron chi connectivity index (χ3n) is 2.70. The summed E-state index contributed by atoms with van der Waals surface area (Å²) in [5, 5.41) is 2.53. The first-order valence-corrected chi connectivity index (χ1v) is 5.26. The fraction of sp³-hybridized carbons (Fsp3) is 0.333. The zero-order chi connectivity index (χ0) is 11.7. The Morgan fingerprint density at radius 3 is 2.69 bits per heavy atom. The molecule has 0 atom stereocenters. The van der Waals surface area contributed by atoms with E-state index < -0.39 is 11.8 Å². The molecule has 0 radical (unpaired) electrons. The minimum Gasteiger partial charge on any atom is -0.346 e. The van der Waals surface area contributed by atoms with Crippen LogP contribution in [0.15, 0.2) is 18.2 Å². The number of hydrogen-bond acceptors (Lipinski definition) is 2. The summed E-state index contributed by atoms with van der Waals surface area (Å²) in [6.45, 7) is 5.00. The van der Waals surface area contributed by atoms with E-state index in [1.165, 1.54) is 4.90 Å². The molecule has 1 aliphatic heterocycles. The summed E-state index contributed by atoms with van der Waals surface area (Å²) in [6.07, 6.45) is 0. The molecule has 1 heterocycles. The van der Waals surface area contributed by atoms with Gasteiger partial charge in [0.25, 0.3) is 0 Å². The Morgan fingerprint density at radius 1 is 1.25 bits per heavy atom. The third-order valence-corrected chi connectivity index (χ3v) is 2.70. The fourth-order valence-corrected chi connectivity index (χ4v) is 1.92. The van der Waals surface area contributed by atoms with Crippen molar-refractivity contribution in [1.29, 1.82) is 0 Å². The number of nitrogens with zero attached hydrogens (tertiary/aromatic N) is 1. The molecule has 2 rings (SSSR count). The predicted molar refractivity (Wildman–Crippen MR) is 61.3 cm³/mol. The maximum atomic E-state index is 11.7. The van der Waals surface area contributed by atoms with Crippen LogP contribution in [0.2, 0.25) is 0 Å². The minimum absolute atomic E-state index is 0.474. The molecule has 4 nitrogen and oxygen atoms in total. The average Bonchev–Trinajstić information content (AvgIpc) is 2.23. The lowest BCUT2D eigenvalue weighted by Gasteiger charge is -2.27. The Labute approximate surface area is 94.2 Å². The van der Waals surface area contributed by atoms with Crippen molar-refractivity contribution < 1.29 is 9.59 Å².